The minimum absolute atomic E-state index is 0. The standard InChI is InChI=1S/C8H19OP.Pd/c1-7(2,3)10(9)8(4,5)6;/h9H,1-6H3;. The van der Waals surface area contributed by atoms with Gasteiger partial charge in [0, 0.05) is 38.9 Å². The molecule has 0 fully saturated rings. The molecule has 0 aliphatic rings. The zero-order valence-corrected chi connectivity index (χ0v) is 10.7. The van der Waals surface area contributed by atoms with Crippen LogP contribution in [0.1, 0.15) is 41.5 Å². The van der Waals surface area contributed by atoms with Crippen LogP contribution in [0.2, 0.25) is 0 Å². The Morgan fingerprint density at radius 3 is 1.00 bits per heavy atom. The SMILES string of the molecule is CC(C)(C)P(O)C(C)(C)C.[Pd]. The molecule has 0 amide bonds. The fraction of sp³-hybridized carbons (Fsp3) is 1.00. The van der Waals surface area contributed by atoms with Crippen LogP contribution in [0.25, 0.3) is 0 Å². The third kappa shape index (κ3) is 5.32. The van der Waals surface area contributed by atoms with Crippen LogP contribution < -0.4 is 0 Å². The maximum Gasteiger partial charge on any atom is 0.0361 e. The molecule has 3 heteroatoms. The van der Waals surface area contributed by atoms with Gasteiger partial charge in [-0.25, -0.2) is 0 Å². The van der Waals surface area contributed by atoms with Gasteiger partial charge >= 0.3 is 0 Å². The number of hydrogen-bond acceptors (Lipinski definition) is 1. The molecule has 0 spiro atoms. The van der Waals surface area contributed by atoms with E-state index in [1.807, 2.05) is 0 Å². The second kappa shape index (κ2) is 4.33. The summed E-state index contributed by atoms with van der Waals surface area (Å²) in [6.07, 6.45) is 0. The zero-order valence-electron chi connectivity index (χ0n) is 8.21. The Kier molecular flexibility index (Phi) is 5.74. The molecule has 11 heavy (non-hydrogen) atoms. The minimum atomic E-state index is -0.863. The average molecular weight is 269 g/mol. The quantitative estimate of drug-likeness (QED) is 0.529. The van der Waals surface area contributed by atoms with Gasteiger partial charge in [0.05, 0.1) is 0 Å². The summed E-state index contributed by atoms with van der Waals surface area (Å²) in [6.45, 7) is 12.5. The van der Waals surface area contributed by atoms with E-state index >= 15 is 0 Å². The van der Waals surface area contributed by atoms with E-state index in [0.717, 1.165) is 0 Å². The molecular weight excluding hydrogens is 249 g/mol. The summed E-state index contributed by atoms with van der Waals surface area (Å²) in [7, 11) is -0.863. The van der Waals surface area contributed by atoms with E-state index in [4.69, 9.17) is 0 Å². The third-order valence-electron chi connectivity index (χ3n) is 1.27. The summed E-state index contributed by atoms with van der Waals surface area (Å²) >= 11 is 0. The first-order chi connectivity index (χ1) is 4.15. The predicted octanol–water partition coefficient (Wildman–Crippen LogP) is 2.97. The van der Waals surface area contributed by atoms with Crippen molar-refractivity contribution < 1.29 is 25.3 Å². The van der Waals surface area contributed by atoms with Crippen molar-refractivity contribution in [3.63, 3.8) is 0 Å². The maximum absolute atomic E-state index is 9.79. The molecule has 0 rings (SSSR count). The van der Waals surface area contributed by atoms with Gasteiger partial charge in [-0.1, -0.05) is 41.5 Å². The Hall–Kier alpha value is 1.05. The second-order valence-corrected chi connectivity index (χ2v) is 7.96. The van der Waals surface area contributed by atoms with E-state index < -0.39 is 8.15 Å². The molecule has 0 radical (unpaired) electrons. The molecule has 0 bridgehead atoms. The fourth-order valence-corrected chi connectivity index (χ4v) is 3.02. The maximum atomic E-state index is 9.79. The van der Waals surface area contributed by atoms with Crippen molar-refractivity contribution in [1.29, 1.82) is 0 Å². The topological polar surface area (TPSA) is 20.2 Å². The molecule has 0 heterocycles. The minimum Gasteiger partial charge on any atom is -0.373 e. The van der Waals surface area contributed by atoms with Crippen molar-refractivity contribution in [3.8, 4) is 0 Å². The first-order valence-corrected chi connectivity index (χ1v) is 4.94. The Balaban J connectivity index is 0. The largest absolute Gasteiger partial charge is 0.373 e. The molecule has 1 N–H and O–H groups in total. The Labute approximate surface area is 85.5 Å². The van der Waals surface area contributed by atoms with Gasteiger partial charge in [0.15, 0.2) is 0 Å². The Morgan fingerprint density at radius 1 is 0.818 bits per heavy atom. The molecule has 1 nitrogen and oxygen atoms in total. The van der Waals surface area contributed by atoms with E-state index in [0.29, 0.717) is 0 Å². The molecule has 0 aromatic carbocycles. The van der Waals surface area contributed by atoms with E-state index in [1.54, 1.807) is 0 Å². The van der Waals surface area contributed by atoms with Crippen LogP contribution in [0, 0.1) is 0 Å². The average Bonchev–Trinajstić information content (AvgIpc) is 1.59. The van der Waals surface area contributed by atoms with E-state index in [1.165, 1.54) is 0 Å². The van der Waals surface area contributed by atoms with Crippen molar-refractivity contribution in [3.05, 3.63) is 0 Å². The number of hydrogen-bond donors (Lipinski definition) is 1. The van der Waals surface area contributed by atoms with Crippen molar-refractivity contribution >= 4 is 8.15 Å². The summed E-state index contributed by atoms with van der Waals surface area (Å²) in [4.78, 5) is 9.79. The predicted molar refractivity (Wildman–Crippen MR) is 48.6 cm³/mol. The van der Waals surface area contributed by atoms with Crippen LogP contribution >= 0.6 is 8.15 Å². The van der Waals surface area contributed by atoms with Crippen LogP contribution in [0.5, 0.6) is 0 Å². The van der Waals surface area contributed by atoms with Gasteiger partial charge in [-0.15, -0.1) is 0 Å². The van der Waals surface area contributed by atoms with E-state index in [2.05, 4.69) is 41.5 Å². The van der Waals surface area contributed by atoms with Crippen molar-refractivity contribution in [2.45, 2.75) is 51.9 Å². The van der Waals surface area contributed by atoms with Gasteiger partial charge in [0.2, 0.25) is 0 Å². The van der Waals surface area contributed by atoms with Crippen molar-refractivity contribution in [2.75, 3.05) is 0 Å². The van der Waals surface area contributed by atoms with Gasteiger partial charge in [0.25, 0.3) is 0 Å². The first-order valence-electron chi connectivity index (χ1n) is 3.65. The molecular formula is C8H19OPPd. The molecule has 0 atom stereocenters. The van der Waals surface area contributed by atoms with Crippen molar-refractivity contribution in [1.82, 2.24) is 0 Å². The molecule has 0 saturated heterocycles. The van der Waals surface area contributed by atoms with Crippen LogP contribution in [0.4, 0.5) is 0 Å². The van der Waals surface area contributed by atoms with Gasteiger partial charge < -0.3 is 4.89 Å². The summed E-state index contributed by atoms with van der Waals surface area (Å²) in [6, 6.07) is 0. The molecule has 0 aliphatic carbocycles. The molecule has 0 aromatic heterocycles. The summed E-state index contributed by atoms with van der Waals surface area (Å²) in [5.41, 5.74) is 0. The van der Waals surface area contributed by atoms with Gasteiger partial charge in [-0.2, -0.15) is 0 Å². The molecule has 72 valence electrons. The fourth-order valence-electron chi connectivity index (χ4n) is 1.01. The first kappa shape index (κ1) is 14.6. The van der Waals surface area contributed by atoms with Crippen LogP contribution in [0.3, 0.4) is 0 Å². The normalized spacial score (nSPS) is 13.1. The third-order valence-corrected chi connectivity index (χ3v) is 3.81. The van der Waals surface area contributed by atoms with Crippen LogP contribution in [-0.2, 0) is 20.4 Å². The summed E-state index contributed by atoms with van der Waals surface area (Å²) in [5, 5.41) is 0.126. The van der Waals surface area contributed by atoms with Crippen LogP contribution in [0.15, 0.2) is 0 Å². The molecule has 0 saturated carbocycles. The van der Waals surface area contributed by atoms with Gasteiger partial charge in [-0.3, -0.25) is 0 Å². The summed E-state index contributed by atoms with van der Waals surface area (Å²) in [5.74, 6) is 0. The summed E-state index contributed by atoms with van der Waals surface area (Å²) < 4.78 is 0. The monoisotopic (exact) mass is 268 g/mol. The van der Waals surface area contributed by atoms with Crippen LogP contribution in [-0.4, -0.2) is 15.2 Å². The van der Waals surface area contributed by atoms with Gasteiger partial charge in [0.1, 0.15) is 0 Å². The molecule has 0 aliphatic heterocycles. The zero-order chi connectivity index (χ0) is 8.58. The molecule has 0 unspecified atom stereocenters. The smallest absolute Gasteiger partial charge is 0.0361 e. The Morgan fingerprint density at radius 2 is 1.00 bits per heavy atom. The molecule has 0 aromatic rings. The van der Waals surface area contributed by atoms with E-state index in [9.17, 15) is 4.89 Å². The van der Waals surface area contributed by atoms with E-state index in [-0.39, 0.29) is 30.7 Å². The number of rotatable bonds is 0. The Bertz CT molecular complexity index is 98.2. The second-order valence-electron chi connectivity index (χ2n) is 4.65. The van der Waals surface area contributed by atoms with Crippen molar-refractivity contribution in [2.24, 2.45) is 0 Å². The van der Waals surface area contributed by atoms with Gasteiger partial charge in [-0.05, 0) is 0 Å².